The van der Waals surface area contributed by atoms with Gasteiger partial charge in [-0.3, -0.25) is 4.79 Å². The van der Waals surface area contributed by atoms with E-state index in [9.17, 15) is 9.59 Å². The van der Waals surface area contributed by atoms with Crippen molar-refractivity contribution in [2.24, 2.45) is 0 Å². The lowest BCUT2D eigenvalue weighted by molar-refractivity contribution is -0.137. The van der Waals surface area contributed by atoms with Crippen molar-refractivity contribution in [1.82, 2.24) is 10.2 Å². The van der Waals surface area contributed by atoms with Gasteiger partial charge in [-0.15, -0.1) is 0 Å². The number of carboxylic acids is 1. The Balaban J connectivity index is 2.39. The van der Waals surface area contributed by atoms with Crippen LogP contribution in [0.15, 0.2) is 0 Å². The van der Waals surface area contributed by atoms with Crippen LogP contribution in [-0.4, -0.2) is 52.6 Å². The number of carbonyl (C=O) groups excluding carboxylic acids is 1. The molecule has 1 saturated carbocycles. The molecule has 0 spiro atoms. The van der Waals surface area contributed by atoms with E-state index in [4.69, 9.17) is 5.11 Å². The summed E-state index contributed by atoms with van der Waals surface area (Å²) < 4.78 is 0. The molecule has 5 nitrogen and oxygen atoms in total. The molecule has 1 fully saturated rings. The van der Waals surface area contributed by atoms with E-state index >= 15 is 0 Å². The molecule has 17 heavy (non-hydrogen) atoms. The lowest BCUT2D eigenvalue weighted by Crippen LogP contribution is -2.46. The van der Waals surface area contributed by atoms with E-state index in [1.165, 1.54) is 4.90 Å². The van der Waals surface area contributed by atoms with Crippen LogP contribution in [0.4, 0.5) is 4.79 Å². The van der Waals surface area contributed by atoms with Crippen molar-refractivity contribution in [2.75, 3.05) is 19.3 Å². The first-order chi connectivity index (χ1) is 8.06. The van der Waals surface area contributed by atoms with Crippen molar-refractivity contribution in [2.45, 2.75) is 37.5 Å². The number of hydrogen-bond acceptors (Lipinski definition) is 3. The molecule has 1 rings (SSSR count). The zero-order valence-electron chi connectivity index (χ0n) is 10.3. The number of rotatable bonds is 5. The van der Waals surface area contributed by atoms with Gasteiger partial charge < -0.3 is 15.3 Å². The largest absolute Gasteiger partial charge is 0.480 e. The summed E-state index contributed by atoms with van der Waals surface area (Å²) in [6.45, 7) is 1.96. The second-order valence-corrected chi connectivity index (χ2v) is 5.36. The molecule has 0 bridgehead atoms. The minimum absolute atomic E-state index is 0.197. The summed E-state index contributed by atoms with van der Waals surface area (Å²) in [5.41, 5.74) is 0. The molecule has 0 saturated heterocycles. The van der Waals surface area contributed by atoms with Gasteiger partial charge in [0.05, 0.1) is 0 Å². The van der Waals surface area contributed by atoms with Gasteiger partial charge in [0, 0.05) is 17.8 Å². The van der Waals surface area contributed by atoms with Crippen LogP contribution in [0.25, 0.3) is 0 Å². The number of carbonyl (C=O) groups is 2. The van der Waals surface area contributed by atoms with Crippen molar-refractivity contribution in [3.63, 3.8) is 0 Å². The first-order valence-electron chi connectivity index (χ1n) is 5.86. The summed E-state index contributed by atoms with van der Waals surface area (Å²) in [7, 11) is 0. The summed E-state index contributed by atoms with van der Waals surface area (Å²) in [6.07, 6.45) is 5.17. The van der Waals surface area contributed by atoms with Crippen molar-refractivity contribution < 1.29 is 14.7 Å². The van der Waals surface area contributed by atoms with Crippen molar-refractivity contribution in [3.8, 4) is 0 Å². The molecule has 2 amide bonds. The average Bonchev–Trinajstić information content (AvgIpc) is 2.73. The van der Waals surface area contributed by atoms with Crippen LogP contribution >= 0.6 is 11.8 Å². The normalized spacial score (nSPS) is 23.4. The molecule has 0 heterocycles. The van der Waals surface area contributed by atoms with Crippen LogP contribution in [0.3, 0.4) is 0 Å². The number of nitrogens with one attached hydrogen (secondary N) is 1. The second-order valence-electron chi connectivity index (χ2n) is 4.23. The predicted molar refractivity (Wildman–Crippen MR) is 68.4 cm³/mol. The number of amides is 2. The Kier molecular flexibility index (Phi) is 5.61. The minimum Gasteiger partial charge on any atom is -0.480 e. The average molecular weight is 260 g/mol. The van der Waals surface area contributed by atoms with Gasteiger partial charge in [0.15, 0.2) is 0 Å². The summed E-state index contributed by atoms with van der Waals surface area (Å²) in [4.78, 5) is 23.7. The van der Waals surface area contributed by atoms with Gasteiger partial charge in [0.2, 0.25) is 0 Å². The highest BCUT2D eigenvalue weighted by Crippen LogP contribution is 2.28. The monoisotopic (exact) mass is 260 g/mol. The Morgan fingerprint density at radius 3 is 2.65 bits per heavy atom. The van der Waals surface area contributed by atoms with E-state index < -0.39 is 5.97 Å². The molecule has 0 aromatic rings. The van der Waals surface area contributed by atoms with E-state index in [1.807, 2.05) is 11.8 Å². The molecule has 2 unspecified atom stereocenters. The quantitative estimate of drug-likeness (QED) is 0.783. The summed E-state index contributed by atoms with van der Waals surface area (Å²) in [5.74, 6) is -0.976. The highest BCUT2D eigenvalue weighted by molar-refractivity contribution is 7.99. The molecule has 0 aromatic heterocycles. The molecule has 6 heteroatoms. The molecule has 0 radical (unpaired) electrons. The number of thioether (sulfide) groups is 1. The maximum atomic E-state index is 11.8. The van der Waals surface area contributed by atoms with Gasteiger partial charge in [-0.2, -0.15) is 11.8 Å². The van der Waals surface area contributed by atoms with Crippen LogP contribution in [0.1, 0.15) is 26.2 Å². The fraction of sp³-hybridized carbons (Fsp3) is 0.818. The first kappa shape index (κ1) is 14.2. The lowest BCUT2D eigenvalue weighted by atomic mass is 10.2. The Morgan fingerprint density at radius 1 is 1.47 bits per heavy atom. The molecule has 2 N–H and O–H groups in total. The van der Waals surface area contributed by atoms with Gasteiger partial charge in [0.25, 0.3) is 0 Å². The van der Waals surface area contributed by atoms with E-state index in [0.29, 0.717) is 11.8 Å². The Morgan fingerprint density at radius 2 is 2.18 bits per heavy atom. The fourth-order valence-corrected chi connectivity index (χ4v) is 2.84. The number of aliphatic carboxylic acids is 1. The van der Waals surface area contributed by atoms with Crippen molar-refractivity contribution in [1.29, 1.82) is 0 Å². The topological polar surface area (TPSA) is 69.6 Å². The second kappa shape index (κ2) is 6.74. The number of likely N-dealkylation sites (N-methyl/N-ethyl adjacent to an activating group) is 1. The van der Waals surface area contributed by atoms with E-state index in [0.717, 1.165) is 19.3 Å². The fourth-order valence-electron chi connectivity index (χ4n) is 2.04. The Hall–Kier alpha value is -0.910. The molecular formula is C11H20N2O3S. The first-order valence-corrected chi connectivity index (χ1v) is 7.15. The van der Waals surface area contributed by atoms with E-state index in [-0.39, 0.29) is 18.6 Å². The zero-order chi connectivity index (χ0) is 12.8. The minimum atomic E-state index is -0.976. The van der Waals surface area contributed by atoms with Gasteiger partial charge in [-0.1, -0.05) is 0 Å². The molecule has 1 aliphatic carbocycles. The number of hydrogen-bond donors (Lipinski definition) is 2. The van der Waals surface area contributed by atoms with Gasteiger partial charge in [-0.05, 0) is 32.4 Å². The number of carboxylic acid groups (broad SMARTS) is 1. The van der Waals surface area contributed by atoms with Crippen LogP contribution < -0.4 is 5.32 Å². The highest BCUT2D eigenvalue weighted by atomic mass is 32.2. The molecule has 1 aliphatic rings. The molecule has 98 valence electrons. The van der Waals surface area contributed by atoms with Crippen LogP contribution in [-0.2, 0) is 4.79 Å². The lowest BCUT2D eigenvalue weighted by Gasteiger charge is -2.22. The Labute approximate surface area is 106 Å². The van der Waals surface area contributed by atoms with Gasteiger partial charge in [0.1, 0.15) is 6.54 Å². The van der Waals surface area contributed by atoms with Gasteiger partial charge in [-0.25, -0.2) is 4.79 Å². The van der Waals surface area contributed by atoms with Crippen LogP contribution in [0, 0.1) is 0 Å². The zero-order valence-corrected chi connectivity index (χ0v) is 11.1. The summed E-state index contributed by atoms with van der Waals surface area (Å²) >= 11 is 1.83. The maximum absolute atomic E-state index is 11.8. The number of urea groups is 1. The maximum Gasteiger partial charge on any atom is 0.323 e. The Bertz CT molecular complexity index is 286. The predicted octanol–water partition coefficient (Wildman–Crippen LogP) is 1.39. The molecule has 2 atom stereocenters. The van der Waals surface area contributed by atoms with Crippen molar-refractivity contribution in [3.05, 3.63) is 0 Å². The van der Waals surface area contributed by atoms with Gasteiger partial charge >= 0.3 is 12.0 Å². The molecule has 0 aromatic carbocycles. The van der Waals surface area contributed by atoms with Crippen molar-refractivity contribution >= 4 is 23.8 Å². The smallest absolute Gasteiger partial charge is 0.323 e. The van der Waals surface area contributed by atoms with E-state index in [1.54, 1.807) is 6.92 Å². The molecular weight excluding hydrogens is 240 g/mol. The summed E-state index contributed by atoms with van der Waals surface area (Å²) in [5, 5.41) is 12.2. The van der Waals surface area contributed by atoms with Crippen LogP contribution in [0.5, 0.6) is 0 Å². The SMILES string of the molecule is CCN(CC(=O)O)C(=O)NC1CCC(SC)C1. The standard InChI is InChI=1S/C11H20N2O3S/c1-3-13(7-10(14)15)11(16)12-8-4-5-9(6-8)17-2/h8-9H,3-7H2,1-2H3,(H,12,16)(H,14,15). The highest BCUT2D eigenvalue weighted by Gasteiger charge is 2.26. The third-order valence-corrected chi connectivity index (χ3v) is 4.14. The third kappa shape index (κ3) is 4.46. The third-order valence-electron chi connectivity index (χ3n) is 3.04. The number of nitrogens with zero attached hydrogens (tertiary/aromatic N) is 1. The molecule has 0 aliphatic heterocycles. The van der Waals surface area contributed by atoms with Crippen LogP contribution in [0.2, 0.25) is 0 Å². The summed E-state index contributed by atoms with van der Waals surface area (Å²) in [6, 6.07) is -0.0653. The van der Waals surface area contributed by atoms with E-state index in [2.05, 4.69) is 11.6 Å².